The number of rotatable bonds is 10. The summed E-state index contributed by atoms with van der Waals surface area (Å²) < 4.78 is 34.4. The van der Waals surface area contributed by atoms with E-state index in [2.05, 4.69) is 9.88 Å². The topological polar surface area (TPSA) is 113 Å². The lowest BCUT2D eigenvalue weighted by Crippen LogP contribution is -2.45. The maximum atomic E-state index is 14.0. The number of aliphatic carboxylic acids is 1. The number of morpholine rings is 1. The van der Waals surface area contributed by atoms with Gasteiger partial charge in [-0.3, -0.25) is 4.31 Å². The van der Waals surface area contributed by atoms with Crippen molar-refractivity contribution in [2.24, 2.45) is 0 Å². The average molecular weight is 630 g/mol. The van der Waals surface area contributed by atoms with Crippen molar-refractivity contribution in [3.63, 3.8) is 0 Å². The Morgan fingerprint density at radius 3 is 2.40 bits per heavy atom. The van der Waals surface area contributed by atoms with E-state index in [1.807, 2.05) is 31.2 Å². The molecular weight excluding hydrogens is 599 g/mol. The summed E-state index contributed by atoms with van der Waals surface area (Å²) in [6, 6.07) is 15.2. The van der Waals surface area contributed by atoms with Crippen LogP contribution in [-0.2, 0) is 19.6 Å². The van der Waals surface area contributed by atoms with E-state index in [1.165, 1.54) is 18.2 Å². The van der Waals surface area contributed by atoms with Crippen molar-refractivity contribution in [1.29, 1.82) is 0 Å². The first-order valence-electron chi connectivity index (χ1n) is 13.6. The predicted molar refractivity (Wildman–Crippen MR) is 165 cm³/mol. The van der Waals surface area contributed by atoms with Crippen molar-refractivity contribution in [3.8, 4) is 11.4 Å². The molecule has 1 aliphatic rings. The fourth-order valence-corrected chi connectivity index (χ4v) is 7.34. The lowest BCUT2D eigenvalue weighted by atomic mass is 10.0. The normalized spacial score (nSPS) is 14.6. The molecule has 220 valence electrons. The Hall–Kier alpha value is -3.44. The Labute approximate surface area is 254 Å². The molecule has 1 atom stereocenters. The Bertz CT molecular complexity index is 1690. The maximum Gasteiger partial charge on any atom is 0.327 e. The largest absolute Gasteiger partial charge is 0.480 e. The molecule has 0 aliphatic carbocycles. The second-order valence-corrected chi connectivity index (χ2v) is 12.7. The quantitative estimate of drug-likeness (QED) is 0.218. The van der Waals surface area contributed by atoms with Gasteiger partial charge in [0.1, 0.15) is 11.9 Å². The number of ether oxygens (including phenoxy) is 1. The van der Waals surface area contributed by atoms with Crippen LogP contribution in [0.2, 0.25) is 10.0 Å². The van der Waals surface area contributed by atoms with Crippen LogP contribution in [0.4, 0.5) is 11.5 Å². The van der Waals surface area contributed by atoms with Crippen LogP contribution in [0.25, 0.3) is 22.2 Å². The van der Waals surface area contributed by atoms with Gasteiger partial charge in [0.25, 0.3) is 10.0 Å². The zero-order valence-corrected chi connectivity index (χ0v) is 25.2. The van der Waals surface area contributed by atoms with E-state index >= 15 is 0 Å². The molecule has 0 bridgehead atoms. The first kappa shape index (κ1) is 30.0. The molecule has 1 fully saturated rings. The van der Waals surface area contributed by atoms with Gasteiger partial charge < -0.3 is 14.7 Å². The van der Waals surface area contributed by atoms with Crippen molar-refractivity contribution < 1.29 is 23.1 Å². The van der Waals surface area contributed by atoms with E-state index < -0.39 is 22.0 Å². The van der Waals surface area contributed by atoms with Crippen molar-refractivity contribution in [3.05, 3.63) is 76.9 Å². The number of benzene rings is 3. The molecule has 1 aromatic heterocycles. The van der Waals surface area contributed by atoms with Gasteiger partial charge in [0.05, 0.1) is 23.8 Å². The van der Waals surface area contributed by atoms with Gasteiger partial charge >= 0.3 is 5.97 Å². The third-order valence-corrected chi connectivity index (χ3v) is 9.36. The first-order valence-corrected chi connectivity index (χ1v) is 15.8. The van der Waals surface area contributed by atoms with Crippen molar-refractivity contribution in [2.75, 3.05) is 35.5 Å². The van der Waals surface area contributed by atoms with Gasteiger partial charge in [-0.25, -0.2) is 23.2 Å². The number of unbranched alkanes of at least 4 members (excludes halogenated alkanes) is 1. The van der Waals surface area contributed by atoms with E-state index in [9.17, 15) is 18.3 Å². The molecule has 12 heteroatoms. The number of anilines is 2. The molecule has 3 aromatic carbocycles. The highest BCUT2D eigenvalue weighted by molar-refractivity contribution is 7.93. The monoisotopic (exact) mass is 628 g/mol. The molecular formula is C30H30Cl2N4O5S. The molecule has 1 saturated heterocycles. The van der Waals surface area contributed by atoms with E-state index in [-0.39, 0.29) is 27.0 Å². The smallest absolute Gasteiger partial charge is 0.327 e. The minimum atomic E-state index is -4.36. The molecule has 1 aliphatic heterocycles. The lowest BCUT2D eigenvalue weighted by molar-refractivity contribution is -0.138. The number of hydrogen-bond donors (Lipinski definition) is 1. The molecule has 1 N–H and O–H groups in total. The van der Waals surface area contributed by atoms with Gasteiger partial charge in [0, 0.05) is 34.9 Å². The second-order valence-electron chi connectivity index (χ2n) is 9.99. The van der Waals surface area contributed by atoms with Crippen LogP contribution < -0.4 is 9.21 Å². The molecule has 0 radical (unpaired) electrons. The fraction of sp³-hybridized carbons (Fsp3) is 0.300. The summed E-state index contributed by atoms with van der Waals surface area (Å²) in [6.45, 7) is 4.73. The highest BCUT2D eigenvalue weighted by Crippen LogP contribution is 2.34. The third kappa shape index (κ3) is 6.47. The van der Waals surface area contributed by atoms with Crippen LogP contribution in [0, 0.1) is 0 Å². The number of sulfonamides is 1. The predicted octanol–water partition coefficient (Wildman–Crippen LogP) is 6.28. The molecule has 5 rings (SSSR count). The van der Waals surface area contributed by atoms with Crippen molar-refractivity contribution in [2.45, 2.75) is 37.1 Å². The van der Waals surface area contributed by atoms with Crippen LogP contribution in [0.15, 0.2) is 71.8 Å². The van der Waals surface area contributed by atoms with Gasteiger partial charge in [0.15, 0.2) is 5.82 Å². The van der Waals surface area contributed by atoms with Crippen molar-refractivity contribution >= 4 is 61.5 Å². The van der Waals surface area contributed by atoms with E-state index in [0.717, 1.165) is 39.5 Å². The number of carbonyl (C=O) groups is 1. The first-order chi connectivity index (χ1) is 20.2. The van der Waals surface area contributed by atoms with E-state index in [4.69, 9.17) is 32.9 Å². The molecule has 0 spiro atoms. The maximum absolute atomic E-state index is 14.0. The zero-order chi connectivity index (χ0) is 29.9. The molecule has 9 nitrogen and oxygen atoms in total. The number of aromatic nitrogens is 2. The number of nitrogens with zero attached hydrogens (tertiary/aromatic N) is 4. The van der Waals surface area contributed by atoms with Gasteiger partial charge in [-0.05, 0) is 59.7 Å². The number of fused-ring (bicyclic) bond motifs is 1. The van der Waals surface area contributed by atoms with E-state index in [0.29, 0.717) is 31.9 Å². The summed E-state index contributed by atoms with van der Waals surface area (Å²) in [6.07, 6.45) is 3.09. The summed E-state index contributed by atoms with van der Waals surface area (Å²) in [5.74, 6) is 0.151. The molecule has 0 amide bonds. The van der Waals surface area contributed by atoms with Gasteiger partial charge in [-0.2, -0.15) is 0 Å². The van der Waals surface area contributed by atoms with Gasteiger partial charge in [-0.1, -0.05) is 61.2 Å². The standard InChI is InChI=1S/C30H30Cl2N4O5S/c1-2-3-4-27(30(37)38)36(42(39,40)26-18-23(31)17-24(32)19-26)25-8-7-20-15-22(6-5-21(20)16-25)29-33-10-9-28(34-29)35-11-13-41-14-12-35/h5-10,15-19,27H,2-4,11-14H2,1H3,(H,37,38). The fourth-order valence-electron chi connectivity index (χ4n) is 4.98. The average Bonchev–Trinajstić information content (AvgIpc) is 2.98. The summed E-state index contributed by atoms with van der Waals surface area (Å²) in [5.41, 5.74) is 1.02. The minimum Gasteiger partial charge on any atom is -0.480 e. The van der Waals surface area contributed by atoms with Crippen LogP contribution in [0.5, 0.6) is 0 Å². The van der Waals surface area contributed by atoms with Crippen molar-refractivity contribution in [1.82, 2.24) is 9.97 Å². The molecule has 4 aromatic rings. The highest BCUT2D eigenvalue weighted by Gasteiger charge is 2.36. The summed E-state index contributed by atoms with van der Waals surface area (Å²) in [4.78, 5) is 23.6. The van der Waals surface area contributed by atoms with Crippen LogP contribution in [0.1, 0.15) is 26.2 Å². The summed E-state index contributed by atoms with van der Waals surface area (Å²) in [5, 5.41) is 12.0. The number of halogens is 2. The van der Waals surface area contributed by atoms with Gasteiger partial charge in [0.2, 0.25) is 0 Å². The molecule has 2 heterocycles. The lowest BCUT2D eigenvalue weighted by Gasteiger charge is -2.30. The Kier molecular flexibility index (Phi) is 9.17. The number of carboxylic acid groups (broad SMARTS) is 1. The second kappa shape index (κ2) is 12.8. The molecule has 42 heavy (non-hydrogen) atoms. The number of carboxylic acids is 1. The SMILES string of the molecule is CCCCC(C(=O)O)N(c1ccc2cc(-c3nccc(N4CCOCC4)n3)ccc2c1)S(=O)(=O)c1cc(Cl)cc(Cl)c1. The van der Waals surface area contributed by atoms with Crippen LogP contribution in [0.3, 0.4) is 0 Å². The third-order valence-electron chi connectivity index (χ3n) is 7.10. The Balaban J connectivity index is 1.55. The summed E-state index contributed by atoms with van der Waals surface area (Å²) >= 11 is 12.3. The molecule has 1 unspecified atom stereocenters. The molecule has 0 saturated carbocycles. The Morgan fingerprint density at radius 2 is 1.71 bits per heavy atom. The van der Waals surface area contributed by atoms with Crippen LogP contribution >= 0.6 is 23.2 Å². The highest BCUT2D eigenvalue weighted by atomic mass is 35.5. The number of hydrogen-bond acceptors (Lipinski definition) is 7. The summed E-state index contributed by atoms with van der Waals surface area (Å²) in [7, 11) is -4.36. The zero-order valence-electron chi connectivity index (χ0n) is 22.9. The Morgan fingerprint density at radius 1 is 1.02 bits per heavy atom. The van der Waals surface area contributed by atoms with Crippen LogP contribution in [-0.4, -0.2) is 61.8 Å². The minimum absolute atomic E-state index is 0.132. The van der Waals surface area contributed by atoms with Gasteiger partial charge in [-0.15, -0.1) is 0 Å². The van der Waals surface area contributed by atoms with E-state index in [1.54, 1.807) is 24.4 Å².